The van der Waals surface area contributed by atoms with Gasteiger partial charge in [-0.15, -0.1) is 0 Å². The van der Waals surface area contributed by atoms with Gasteiger partial charge in [-0.1, -0.05) is 37.2 Å². The molecule has 3 N–H and O–H groups in total. The molecule has 0 unspecified atom stereocenters. The van der Waals surface area contributed by atoms with Crippen molar-refractivity contribution in [2.45, 2.75) is 33.1 Å². The van der Waals surface area contributed by atoms with Gasteiger partial charge in [0.1, 0.15) is 5.75 Å². The summed E-state index contributed by atoms with van der Waals surface area (Å²) in [6, 6.07) is 13.2. The van der Waals surface area contributed by atoms with Gasteiger partial charge in [0.25, 0.3) is 5.56 Å². The van der Waals surface area contributed by atoms with Crippen molar-refractivity contribution in [1.29, 1.82) is 0 Å². The highest BCUT2D eigenvalue weighted by Crippen LogP contribution is 2.29. The number of rotatable bonds is 9. The van der Waals surface area contributed by atoms with E-state index < -0.39 is 0 Å². The highest BCUT2D eigenvalue weighted by atomic mass is 16.5. The van der Waals surface area contributed by atoms with Crippen LogP contribution in [-0.4, -0.2) is 45.9 Å². The number of H-pyrrole nitrogens is 1. The Bertz CT molecular complexity index is 1460. The van der Waals surface area contributed by atoms with Gasteiger partial charge in [0.05, 0.1) is 12.0 Å². The number of aryl methyl sites for hydroxylation is 1. The Morgan fingerprint density at radius 2 is 1.97 bits per heavy atom. The number of hydrogen-bond donors (Lipinski definition) is 3. The molecule has 1 aliphatic rings. The van der Waals surface area contributed by atoms with Gasteiger partial charge in [0.15, 0.2) is 5.82 Å². The van der Waals surface area contributed by atoms with Gasteiger partial charge in [-0.05, 0) is 35.2 Å². The van der Waals surface area contributed by atoms with Crippen molar-refractivity contribution in [2.24, 2.45) is 5.41 Å². The molecule has 0 fully saturated rings. The minimum atomic E-state index is -0.260. The number of benzene rings is 2. The molecular formula is C26H28N6O4. The summed E-state index contributed by atoms with van der Waals surface area (Å²) in [4.78, 5) is 28.9. The lowest BCUT2D eigenvalue weighted by Gasteiger charge is -2.25. The molecule has 0 saturated carbocycles. The van der Waals surface area contributed by atoms with Gasteiger partial charge < -0.3 is 19.9 Å². The molecular weight excluding hydrogens is 460 g/mol. The standard InChI is InChI=1S/C26H28N6O4/c1-26(2,15-28-24-18-5-3-4-6-19(18)25(34)31-30-24)14-27-21(33)9-10-22-29-23(32-36-22)17-7-8-20-16(13-17)11-12-35-20/h3-8,13H,9-12,14-15H2,1-2H3,(H,27,33)(H,28,30)(H,31,34). The minimum absolute atomic E-state index is 0.0925. The fourth-order valence-corrected chi connectivity index (χ4v) is 4.08. The van der Waals surface area contributed by atoms with Crippen LogP contribution in [0.3, 0.4) is 0 Å². The second-order valence-corrected chi connectivity index (χ2v) is 9.67. The lowest BCUT2D eigenvalue weighted by molar-refractivity contribution is -0.121. The van der Waals surface area contributed by atoms with Crippen molar-refractivity contribution in [2.75, 3.05) is 25.0 Å². The molecule has 10 heteroatoms. The first kappa shape index (κ1) is 23.5. The summed E-state index contributed by atoms with van der Waals surface area (Å²) in [7, 11) is 0. The van der Waals surface area contributed by atoms with Crippen LogP contribution >= 0.6 is 0 Å². The van der Waals surface area contributed by atoms with E-state index in [9.17, 15) is 9.59 Å². The Kier molecular flexibility index (Phi) is 6.41. The van der Waals surface area contributed by atoms with Gasteiger partial charge in [0.2, 0.25) is 17.6 Å². The molecule has 0 bridgehead atoms. The van der Waals surface area contributed by atoms with Crippen molar-refractivity contribution in [3.63, 3.8) is 0 Å². The summed E-state index contributed by atoms with van der Waals surface area (Å²) in [6.45, 7) is 5.79. The number of nitrogens with zero attached hydrogens (tertiary/aromatic N) is 3. The Balaban J connectivity index is 1.11. The summed E-state index contributed by atoms with van der Waals surface area (Å²) >= 11 is 0. The first-order chi connectivity index (χ1) is 17.4. The van der Waals surface area contributed by atoms with Crippen molar-refractivity contribution in [1.82, 2.24) is 25.7 Å². The Morgan fingerprint density at radius 1 is 1.14 bits per heavy atom. The third-order valence-corrected chi connectivity index (χ3v) is 6.18. The molecule has 10 nitrogen and oxygen atoms in total. The number of hydrogen-bond acceptors (Lipinski definition) is 8. The molecule has 0 radical (unpaired) electrons. The number of anilines is 1. The molecule has 1 aliphatic heterocycles. The lowest BCUT2D eigenvalue weighted by atomic mass is 9.93. The van der Waals surface area contributed by atoms with E-state index in [0.29, 0.717) is 49.0 Å². The van der Waals surface area contributed by atoms with Crippen LogP contribution in [0.15, 0.2) is 51.8 Å². The molecule has 3 heterocycles. The maximum absolute atomic E-state index is 12.5. The van der Waals surface area contributed by atoms with Crippen LogP contribution in [-0.2, 0) is 17.6 Å². The summed E-state index contributed by atoms with van der Waals surface area (Å²) < 4.78 is 10.9. The molecule has 186 valence electrons. The molecule has 0 spiro atoms. The van der Waals surface area contributed by atoms with E-state index >= 15 is 0 Å². The predicted molar refractivity (Wildman–Crippen MR) is 135 cm³/mol. The maximum atomic E-state index is 12.5. The quantitative estimate of drug-likeness (QED) is 0.327. The SMILES string of the molecule is CC(C)(CNC(=O)CCc1nc(-c2ccc3c(c2)CCO3)no1)CNc1n[nH]c(=O)c2ccccc12. The minimum Gasteiger partial charge on any atom is -0.493 e. The van der Waals surface area contributed by atoms with E-state index in [1.807, 2.05) is 50.2 Å². The zero-order valence-electron chi connectivity index (χ0n) is 20.3. The van der Waals surface area contributed by atoms with Gasteiger partial charge in [-0.2, -0.15) is 10.1 Å². The van der Waals surface area contributed by atoms with Crippen LogP contribution < -0.4 is 20.9 Å². The Morgan fingerprint density at radius 3 is 2.83 bits per heavy atom. The number of nitrogens with one attached hydrogen (secondary N) is 3. The monoisotopic (exact) mass is 488 g/mol. The zero-order chi connectivity index (χ0) is 25.1. The van der Waals surface area contributed by atoms with Crippen molar-refractivity contribution < 1.29 is 14.1 Å². The molecule has 36 heavy (non-hydrogen) atoms. The normalized spacial score (nSPS) is 12.8. The van der Waals surface area contributed by atoms with Gasteiger partial charge in [0, 0.05) is 43.3 Å². The maximum Gasteiger partial charge on any atom is 0.272 e. The molecule has 0 aliphatic carbocycles. The van der Waals surface area contributed by atoms with E-state index in [1.54, 1.807) is 6.07 Å². The number of carbonyl (C=O) groups is 1. The molecule has 1 amide bonds. The largest absolute Gasteiger partial charge is 0.493 e. The molecule has 2 aromatic carbocycles. The van der Waals surface area contributed by atoms with E-state index in [4.69, 9.17) is 9.26 Å². The number of aromatic amines is 1. The second-order valence-electron chi connectivity index (χ2n) is 9.67. The topological polar surface area (TPSA) is 135 Å². The number of fused-ring (bicyclic) bond motifs is 2. The van der Waals surface area contributed by atoms with Crippen LogP contribution in [0.25, 0.3) is 22.2 Å². The van der Waals surface area contributed by atoms with Crippen LogP contribution in [0.1, 0.15) is 31.7 Å². The zero-order valence-corrected chi connectivity index (χ0v) is 20.3. The first-order valence-corrected chi connectivity index (χ1v) is 11.9. The van der Waals surface area contributed by atoms with Crippen LogP contribution in [0.5, 0.6) is 5.75 Å². The number of carbonyl (C=O) groups excluding carboxylic acids is 1. The fraction of sp³-hybridized carbons (Fsp3) is 0.346. The first-order valence-electron chi connectivity index (χ1n) is 11.9. The molecule has 0 atom stereocenters. The summed E-state index contributed by atoms with van der Waals surface area (Å²) in [5, 5.41) is 18.3. The summed E-state index contributed by atoms with van der Waals surface area (Å²) in [6.07, 6.45) is 1.48. The van der Waals surface area contributed by atoms with Crippen molar-refractivity contribution in [3.05, 3.63) is 64.3 Å². The van der Waals surface area contributed by atoms with E-state index in [-0.39, 0.29) is 23.3 Å². The van der Waals surface area contributed by atoms with Gasteiger partial charge >= 0.3 is 0 Å². The van der Waals surface area contributed by atoms with E-state index in [2.05, 4.69) is 31.0 Å². The van der Waals surface area contributed by atoms with Crippen LogP contribution in [0, 0.1) is 5.41 Å². The van der Waals surface area contributed by atoms with Gasteiger partial charge in [-0.25, -0.2) is 5.10 Å². The molecule has 5 rings (SSSR count). The number of aromatic nitrogens is 4. The van der Waals surface area contributed by atoms with E-state index in [0.717, 1.165) is 28.7 Å². The van der Waals surface area contributed by atoms with Gasteiger partial charge in [-0.3, -0.25) is 9.59 Å². The Labute approximate surface area is 207 Å². The average molecular weight is 489 g/mol. The lowest BCUT2D eigenvalue weighted by Crippen LogP contribution is -2.38. The molecule has 0 saturated heterocycles. The van der Waals surface area contributed by atoms with Crippen LogP contribution in [0.4, 0.5) is 5.82 Å². The average Bonchev–Trinajstić information content (AvgIpc) is 3.55. The number of amides is 1. The Hall–Kier alpha value is -4.21. The van der Waals surface area contributed by atoms with Crippen molar-refractivity contribution in [3.8, 4) is 17.1 Å². The second kappa shape index (κ2) is 9.80. The smallest absolute Gasteiger partial charge is 0.272 e. The molecule has 2 aromatic heterocycles. The highest BCUT2D eigenvalue weighted by Gasteiger charge is 2.21. The van der Waals surface area contributed by atoms with E-state index in [1.165, 1.54) is 0 Å². The third-order valence-electron chi connectivity index (χ3n) is 6.18. The van der Waals surface area contributed by atoms with Crippen molar-refractivity contribution >= 4 is 22.5 Å². The number of ether oxygens (including phenoxy) is 1. The molecule has 4 aromatic rings. The summed E-state index contributed by atoms with van der Waals surface area (Å²) in [5.41, 5.74) is 1.53. The fourth-order valence-electron chi connectivity index (χ4n) is 4.08. The third kappa shape index (κ3) is 5.22. The van der Waals surface area contributed by atoms with Crippen LogP contribution in [0.2, 0.25) is 0 Å². The predicted octanol–water partition coefficient (Wildman–Crippen LogP) is 3.10. The summed E-state index contributed by atoms with van der Waals surface area (Å²) in [5.74, 6) is 2.35. The highest BCUT2D eigenvalue weighted by molar-refractivity contribution is 5.90.